The Labute approximate surface area is 146 Å². The van der Waals surface area contributed by atoms with E-state index in [0.717, 1.165) is 12.8 Å². The Morgan fingerprint density at radius 2 is 1.58 bits per heavy atom. The van der Waals surface area contributed by atoms with E-state index in [-0.39, 0.29) is 0 Å². The number of unbranched alkanes of at least 4 members (excludes halogenated alkanes) is 4. The minimum Gasteiger partial charge on any atom is -0.493 e. The summed E-state index contributed by atoms with van der Waals surface area (Å²) >= 11 is 0. The lowest BCUT2D eigenvalue weighted by Gasteiger charge is -2.11. The molecule has 0 unspecified atom stereocenters. The normalized spacial score (nSPS) is 13.2. The Bertz CT molecular complexity index is 669. The Hall–Kier alpha value is -2.02. The minimum absolute atomic E-state index is 0.670. The maximum Gasteiger partial charge on any atom is 0.113 e. The summed E-state index contributed by atoms with van der Waals surface area (Å²) in [7, 11) is 0. The second-order valence-corrected chi connectivity index (χ2v) is 6.67. The van der Waals surface area contributed by atoms with E-state index < -0.39 is 0 Å². The van der Waals surface area contributed by atoms with Gasteiger partial charge in [0.15, 0.2) is 0 Å². The molecule has 0 saturated carbocycles. The first-order valence-corrected chi connectivity index (χ1v) is 9.35. The second-order valence-electron chi connectivity index (χ2n) is 6.67. The fourth-order valence-electron chi connectivity index (χ4n) is 3.46. The van der Waals surface area contributed by atoms with E-state index in [1.807, 2.05) is 0 Å². The van der Waals surface area contributed by atoms with E-state index >= 15 is 0 Å². The lowest BCUT2D eigenvalue weighted by molar-refractivity contribution is 0.196. The highest BCUT2D eigenvalue weighted by Crippen LogP contribution is 2.37. The van der Waals surface area contributed by atoms with Gasteiger partial charge in [0.25, 0.3) is 0 Å². The molecule has 0 bridgehead atoms. The molecule has 0 fully saturated rings. The van der Waals surface area contributed by atoms with Crippen LogP contribution in [0.5, 0.6) is 0 Å². The van der Waals surface area contributed by atoms with Crippen LogP contribution in [0.15, 0.2) is 60.4 Å². The van der Waals surface area contributed by atoms with Gasteiger partial charge in [-0.3, -0.25) is 0 Å². The van der Waals surface area contributed by atoms with Crippen LogP contribution in [0.3, 0.4) is 0 Å². The van der Waals surface area contributed by atoms with Crippen molar-refractivity contribution in [1.82, 2.24) is 0 Å². The summed E-state index contributed by atoms with van der Waals surface area (Å²) in [6.45, 7) is 2.94. The van der Waals surface area contributed by atoms with Crippen molar-refractivity contribution in [3.05, 3.63) is 77.0 Å². The van der Waals surface area contributed by atoms with E-state index in [1.54, 1.807) is 0 Å². The number of hydrogen-bond donors (Lipinski definition) is 0. The minimum atomic E-state index is 0.670. The van der Waals surface area contributed by atoms with Gasteiger partial charge in [0.05, 0.1) is 0 Å². The van der Waals surface area contributed by atoms with Crippen LogP contribution in [0.1, 0.15) is 62.1 Å². The molecule has 0 radical (unpaired) electrons. The summed E-state index contributed by atoms with van der Waals surface area (Å²) in [5, 5.41) is 0. The van der Waals surface area contributed by atoms with Crippen LogP contribution in [-0.4, -0.2) is 0 Å². The number of benzene rings is 2. The molecule has 1 aliphatic carbocycles. The molecule has 0 spiro atoms. The fourth-order valence-corrected chi connectivity index (χ4v) is 3.46. The van der Waals surface area contributed by atoms with Crippen molar-refractivity contribution in [3.63, 3.8) is 0 Å². The van der Waals surface area contributed by atoms with Crippen molar-refractivity contribution in [2.24, 2.45) is 0 Å². The van der Waals surface area contributed by atoms with Crippen LogP contribution in [0.25, 0.3) is 5.57 Å². The maximum atomic E-state index is 6.24. The van der Waals surface area contributed by atoms with Crippen LogP contribution in [0.4, 0.5) is 0 Å². The predicted octanol–water partition coefficient (Wildman–Crippen LogP) is 6.53. The third-order valence-corrected chi connectivity index (χ3v) is 4.82. The van der Waals surface area contributed by atoms with Crippen LogP contribution < -0.4 is 0 Å². The van der Waals surface area contributed by atoms with Crippen LogP contribution in [0.2, 0.25) is 0 Å². The molecule has 24 heavy (non-hydrogen) atoms. The molecule has 0 atom stereocenters. The largest absolute Gasteiger partial charge is 0.493 e. The Morgan fingerprint density at radius 1 is 0.833 bits per heavy atom. The molecule has 1 aliphatic rings. The molecule has 2 aromatic carbocycles. The van der Waals surface area contributed by atoms with Crippen molar-refractivity contribution in [2.75, 3.05) is 0 Å². The van der Waals surface area contributed by atoms with Gasteiger partial charge in [-0.2, -0.15) is 0 Å². The van der Waals surface area contributed by atoms with E-state index in [1.165, 1.54) is 60.1 Å². The third-order valence-electron chi connectivity index (χ3n) is 4.82. The van der Waals surface area contributed by atoms with Gasteiger partial charge < -0.3 is 4.74 Å². The highest BCUT2D eigenvalue weighted by molar-refractivity contribution is 5.75. The zero-order valence-electron chi connectivity index (χ0n) is 14.8. The smallest absolute Gasteiger partial charge is 0.113 e. The summed E-state index contributed by atoms with van der Waals surface area (Å²) in [5.74, 6) is 1.19. The van der Waals surface area contributed by atoms with Gasteiger partial charge >= 0.3 is 0 Å². The molecular formula is C23H28O. The monoisotopic (exact) mass is 320 g/mol. The highest BCUT2D eigenvalue weighted by atomic mass is 16.5. The first kappa shape index (κ1) is 16.8. The highest BCUT2D eigenvalue weighted by Gasteiger charge is 2.22. The van der Waals surface area contributed by atoms with E-state index in [9.17, 15) is 0 Å². The summed E-state index contributed by atoms with van der Waals surface area (Å²) in [4.78, 5) is 0. The van der Waals surface area contributed by atoms with Crippen LogP contribution in [0, 0.1) is 0 Å². The Kier molecular flexibility index (Phi) is 6.12. The Morgan fingerprint density at radius 3 is 2.42 bits per heavy atom. The first-order chi connectivity index (χ1) is 11.9. The van der Waals surface area contributed by atoms with E-state index in [2.05, 4.69) is 61.5 Å². The molecule has 0 heterocycles. The molecule has 1 heteroatoms. The van der Waals surface area contributed by atoms with Gasteiger partial charge in [0.2, 0.25) is 0 Å². The SMILES string of the molecule is CCCCCCCC1=C(OCc2ccccc2)Cc2ccccc21. The molecule has 126 valence electrons. The molecule has 0 aliphatic heterocycles. The number of ether oxygens (including phenoxy) is 1. The molecule has 0 N–H and O–H groups in total. The van der Waals surface area contributed by atoms with E-state index in [4.69, 9.17) is 4.74 Å². The predicted molar refractivity (Wildman–Crippen MR) is 102 cm³/mol. The molecule has 3 rings (SSSR count). The standard InChI is InChI=1S/C23H28O/c1-2-3-4-5-9-16-22-21-15-11-10-14-20(21)17-23(22)24-18-19-12-7-6-8-13-19/h6-8,10-15H,2-5,9,16-18H2,1H3. The maximum absolute atomic E-state index is 6.24. The summed E-state index contributed by atoms with van der Waals surface area (Å²) < 4.78 is 6.24. The first-order valence-electron chi connectivity index (χ1n) is 9.35. The zero-order chi connectivity index (χ0) is 16.6. The molecule has 0 aromatic heterocycles. The van der Waals surface area contributed by atoms with Gasteiger partial charge in [0, 0.05) is 6.42 Å². The summed E-state index contributed by atoms with van der Waals surface area (Å²) in [6.07, 6.45) is 8.70. The molecule has 2 aromatic rings. The number of hydrogen-bond acceptors (Lipinski definition) is 1. The van der Waals surface area contributed by atoms with Gasteiger partial charge in [-0.05, 0) is 35.1 Å². The van der Waals surface area contributed by atoms with Crippen molar-refractivity contribution < 1.29 is 4.74 Å². The van der Waals surface area contributed by atoms with Crippen molar-refractivity contribution >= 4 is 5.57 Å². The van der Waals surface area contributed by atoms with Crippen LogP contribution in [-0.2, 0) is 17.8 Å². The lowest BCUT2D eigenvalue weighted by atomic mass is 10.00. The third kappa shape index (κ3) is 4.29. The average Bonchev–Trinajstić information content (AvgIpc) is 2.98. The van der Waals surface area contributed by atoms with Crippen molar-refractivity contribution in [1.29, 1.82) is 0 Å². The van der Waals surface area contributed by atoms with Gasteiger partial charge in [-0.25, -0.2) is 0 Å². The molecule has 1 nitrogen and oxygen atoms in total. The van der Waals surface area contributed by atoms with Gasteiger partial charge in [0.1, 0.15) is 12.4 Å². The van der Waals surface area contributed by atoms with Crippen molar-refractivity contribution in [2.45, 2.75) is 58.5 Å². The van der Waals surface area contributed by atoms with Gasteiger partial charge in [-0.15, -0.1) is 0 Å². The molecule has 0 saturated heterocycles. The van der Waals surface area contributed by atoms with Crippen molar-refractivity contribution in [3.8, 4) is 0 Å². The molecular weight excluding hydrogens is 292 g/mol. The quantitative estimate of drug-likeness (QED) is 0.477. The van der Waals surface area contributed by atoms with Gasteiger partial charge in [-0.1, -0.05) is 87.2 Å². The number of rotatable bonds is 9. The fraction of sp³-hybridized carbons (Fsp3) is 0.391. The summed E-state index contributed by atoms with van der Waals surface area (Å²) in [5.41, 5.74) is 5.52. The molecule has 0 amide bonds. The van der Waals surface area contributed by atoms with Crippen LogP contribution >= 0.6 is 0 Å². The summed E-state index contributed by atoms with van der Waals surface area (Å²) in [6, 6.07) is 19.3. The Balaban J connectivity index is 1.66. The second kappa shape index (κ2) is 8.73. The lowest BCUT2D eigenvalue weighted by Crippen LogP contribution is -1.96. The number of allylic oxidation sites excluding steroid dienone is 2. The average molecular weight is 320 g/mol. The zero-order valence-corrected chi connectivity index (χ0v) is 14.8. The number of fused-ring (bicyclic) bond motifs is 1. The van der Waals surface area contributed by atoms with E-state index in [0.29, 0.717) is 6.61 Å². The topological polar surface area (TPSA) is 9.23 Å².